The molecule has 9 heteroatoms. The van der Waals surface area contributed by atoms with Gasteiger partial charge in [-0.15, -0.1) is 24.0 Å². The lowest BCUT2D eigenvalue weighted by atomic mass is 10.2. The molecule has 2 aromatic heterocycles. The Morgan fingerprint density at radius 2 is 1.87 bits per heavy atom. The third-order valence-corrected chi connectivity index (χ3v) is 4.69. The van der Waals surface area contributed by atoms with Crippen molar-refractivity contribution < 1.29 is 9.13 Å². The van der Waals surface area contributed by atoms with Gasteiger partial charge in [-0.25, -0.2) is 14.4 Å². The van der Waals surface area contributed by atoms with Gasteiger partial charge in [0.15, 0.2) is 5.96 Å². The number of ether oxygens (including phenoxy) is 1. The number of hydrogen-bond acceptors (Lipinski definition) is 4. The van der Waals surface area contributed by atoms with Crippen LogP contribution in [0.4, 0.5) is 4.39 Å². The molecule has 0 atom stereocenters. The number of nitrogens with one attached hydrogen (secondary N) is 2. The number of benzene rings is 1. The Morgan fingerprint density at radius 1 is 1.13 bits per heavy atom. The third-order valence-electron chi connectivity index (χ3n) is 4.69. The molecular weight excluding hydrogens is 510 g/mol. The van der Waals surface area contributed by atoms with Crippen LogP contribution < -0.4 is 15.4 Å². The van der Waals surface area contributed by atoms with Gasteiger partial charge in [-0.05, 0) is 50.6 Å². The monoisotopic (exact) mass is 538 g/mol. The van der Waals surface area contributed by atoms with Crippen LogP contribution in [0.25, 0.3) is 0 Å². The first kappa shape index (κ1) is 24.6. The quantitative estimate of drug-likeness (QED) is 0.268. The van der Waals surface area contributed by atoms with E-state index in [0.717, 1.165) is 29.5 Å². The number of halogens is 2. The van der Waals surface area contributed by atoms with Gasteiger partial charge in [0.25, 0.3) is 0 Å². The van der Waals surface area contributed by atoms with Gasteiger partial charge < -0.3 is 15.4 Å². The fourth-order valence-corrected chi connectivity index (χ4v) is 2.95. The molecular formula is C22H28FIN6O. The van der Waals surface area contributed by atoms with Crippen molar-refractivity contribution in [2.24, 2.45) is 12.0 Å². The fraction of sp³-hybridized carbons (Fsp3) is 0.318. The highest BCUT2D eigenvalue weighted by Crippen LogP contribution is 2.19. The van der Waals surface area contributed by atoms with Crippen LogP contribution >= 0.6 is 24.0 Å². The topological polar surface area (TPSA) is 76.4 Å². The van der Waals surface area contributed by atoms with Crippen molar-refractivity contribution in [1.82, 2.24) is 25.4 Å². The summed E-state index contributed by atoms with van der Waals surface area (Å²) in [7, 11) is 1.95. The highest BCUT2D eigenvalue weighted by Gasteiger charge is 2.09. The predicted molar refractivity (Wildman–Crippen MR) is 130 cm³/mol. The molecule has 2 heterocycles. The lowest BCUT2D eigenvalue weighted by Crippen LogP contribution is -2.37. The SMILES string of the molecule is CCNC(=NCc1ccc(Oc2ccc(F)cc2)nc1)NCc1c(C)nn(C)c1C.I. The van der Waals surface area contributed by atoms with Crippen LogP contribution in [-0.4, -0.2) is 27.3 Å². The average molecular weight is 538 g/mol. The Bertz CT molecular complexity index is 1000. The van der Waals surface area contributed by atoms with Gasteiger partial charge in [-0.2, -0.15) is 5.10 Å². The number of aryl methyl sites for hydroxylation is 2. The molecule has 2 N–H and O–H groups in total. The van der Waals surface area contributed by atoms with E-state index < -0.39 is 0 Å². The predicted octanol–water partition coefficient (Wildman–Crippen LogP) is 4.24. The minimum absolute atomic E-state index is 0. The zero-order valence-electron chi connectivity index (χ0n) is 18.1. The Labute approximate surface area is 199 Å². The van der Waals surface area contributed by atoms with Gasteiger partial charge in [-0.3, -0.25) is 4.68 Å². The summed E-state index contributed by atoms with van der Waals surface area (Å²) in [5.74, 6) is 1.41. The molecule has 166 valence electrons. The van der Waals surface area contributed by atoms with E-state index in [9.17, 15) is 4.39 Å². The normalized spacial score (nSPS) is 11.1. The Morgan fingerprint density at radius 3 is 2.45 bits per heavy atom. The van der Waals surface area contributed by atoms with Crippen LogP contribution in [0.5, 0.6) is 11.6 Å². The van der Waals surface area contributed by atoms with Gasteiger partial charge in [-0.1, -0.05) is 6.07 Å². The Balaban J connectivity index is 0.00000341. The van der Waals surface area contributed by atoms with Crippen molar-refractivity contribution in [3.63, 3.8) is 0 Å². The molecule has 0 aliphatic heterocycles. The van der Waals surface area contributed by atoms with Crippen molar-refractivity contribution >= 4 is 29.9 Å². The third kappa shape index (κ3) is 6.91. The molecule has 7 nitrogen and oxygen atoms in total. The van der Waals surface area contributed by atoms with E-state index >= 15 is 0 Å². The van der Waals surface area contributed by atoms with Crippen LogP contribution in [0.1, 0.15) is 29.4 Å². The summed E-state index contributed by atoms with van der Waals surface area (Å²) in [4.78, 5) is 8.94. The molecule has 0 amide bonds. The maximum absolute atomic E-state index is 13.0. The van der Waals surface area contributed by atoms with Crippen molar-refractivity contribution in [2.75, 3.05) is 6.54 Å². The highest BCUT2D eigenvalue weighted by molar-refractivity contribution is 14.0. The van der Waals surface area contributed by atoms with E-state index in [1.54, 1.807) is 24.4 Å². The second-order valence-corrected chi connectivity index (χ2v) is 6.88. The van der Waals surface area contributed by atoms with Crippen LogP contribution in [-0.2, 0) is 20.1 Å². The van der Waals surface area contributed by atoms with Crippen LogP contribution in [0, 0.1) is 19.7 Å². The summed E-state index contributed by atoms with van der Waals surface area (Å²) in [5, 5.41) is 11.1. The van der Waals surface area contributed by atoms with E-state index in [2.05, 4.69) is 32.6 Å². The first-order chi connectivity index (χ1) is 14.5. The molecule has 3 aromatic rings. The molecule has 0 fully saturated rings. The van der Waals surface area contributed by atoms with Crippen LogP contribution in [0.3, 0.4) is 0 Å². The van der Waals surface area contributed by atoms with Gasteiger partial charge in [0.05, 0.1) is 12.2 Å². The lowest BCUT2D eigenvalue weighted by Gasteiger charge is -2.12. The summed E-state index contributed by atoms with van der Waals surface area (Å²) >= 11 is 0. The molecule has 0 unspecified atom stereocenters. The highest BCUT2D eigenvalue weighted by atomic mass is 127. The molecule has 0 radical (unpaired) electrons. The van der Waals surface area contributed by atoms with Crippen LogP contribution in [0.15, 0.2) is 47.6 Å². The minimum Gasteiger partial charge on any atom is -0.439 e. The van der Waals surface area contributed by atoms with Crippen molar-refractivity contribution in [2.45, 2.75) is 33.9 Å². The first-order valence-electron chi connectivity index (χ1n) is 9.86. The minimum atomic E-state index is -0.303. The molecule has 0 bridgehead atoms. The first-order valence-corrected chi connectivity index (χ1v) is 9.86. The standard InChI is InChI=1S/C22H27FN6O.HI/c1-5-24-22(27-14-20-15(2)28-29(4)16(20)3)26-13-17-6-11-21(25-12-17)30-19-9-7-18(23)8-10-19;/h6-12H,5,13-14H2,1-4H3,(H2,24,26,27);1H. The van der Waals surface area contributed by atoms with E-state index in [0.29, 0.717) is 24.7 Å². The number of pyridine rings is 1. The molecule has 0 saturated carbocycles. The molecule has 0 saturated heterocycles. The number of rotatable bonds is 7. The fourth-order valence-electron chi connectivity index (χ4n) is 2.95. The molecule has 0 aliphatic carbocycles. The zero-order chi connectivity index (χ0) is 21.5. The van der Waals surface area contributed by atoms with Crippen molar-refractivity contribution in [3.8, 4) is 11.6 Å². The number of hydrogen-bond donors (Lipinski definition) is 2. The summed E-state index contributed by atoms with van der Waals surface area (Å²) < 4.78 is 20.5. The van der Waals surface area contributed by atoms with E-state index in [1.807, 2.05) is 31.6 Å². The van der Waals surface area contributed by atoms with Crippen molar-refractivity contribution in [1.29, 1.82) is 0 Å². The Hall–Kier alpha value is -2.69. The summed E-state index contributed by atoms with van der Waals surface area (Å²) in [6.45, 7) is 7.99. The van der Waals surface area contributed by atoms with E-state index in [4.69, 9.17) is 4.74 Å². The van der Waals surface area contributed by atoms with E-state index in [1.165, 1.54) is 17.7 Å². The lowest BCUT2D eigenvalue weighted by molar-refractivity contribution is 0.461. The summed E-state index contributed by atoms with van der Waals surface area (Å²) in [6.07, 6.45) is 1.72. The average Bonchev–Trinajstić information content (AvgIpc) is 2.98. The molecule has 1 aromatic carbocycles. The summed E-state index contributed by atoms with van der Waals surface area (Å²) in [5.41, 5.74) is 4.27. The molecule has 0 spiro atoms. The van der Waals surface area contributed by atoms with Gasteiger partial charge in [0.2, 0.25) is 5.88 Å². The number of aromatic nitrogens is 3. The smallest absolute Gasteiger partial charge is 0.219 e. The summed E-state index contributed by atoms with van der Waals surface area (Å²) in [6, 6.07) is 9.51. The van der Waals surface area contributed by atoms with Crippen LogP contribution in [0.2, 0.25) is 0 Å². The molecule has 3 rings (SSSR count). The zero-order valence-corrected chi connectivity index (χ0v) is 20.5. The van der Waals surface area contributed by atoms with Gasteiger partial charge in [0, 0.05) is 43.7 Å². The van der Waals surface area contributed by atoms with Crippen molar-refractivity contribution in [3.05, 3.63) is 70.9 Å². The van der Waals surface area contributed by atoms with E-state index in [-0.39, 0.29) is 29.8 Å². The Kier molecular flexibility index (Phi) is 9.22. The maximum Gasteiger partial charge on any atom is 0.219 e. The number of aliphatic imine (C=N–C) groups is 1. The second-order valence-electron chi connectivity index (χ2n) is 6.88. The largest absolute Gasteiger partial charge is 0.439 e. The van der Waals surface area contributed by atoms with Gasteiger partial charge >= 0.3 is 0 Å². The maximum atomic E-state index is 13.0. The number of nitrogens with zero attached hydrogens (tertiary/aromatic N) is 4. The second kappa shape index (κ2) is 11.6. The molecule has 0 aliphatic rings. The molecule has 31 heavy (non-hydrogen) atoms. The van der Waals surface area contributed by atoms with Gasteiger partial charge in [0.1, 0.15) is 11.6 Å². The number of guanidine groups is 1.